The van der Waals surface area contributed by atoms with Gasteiger partial charge in [-0.1, -0.05) is 36.4 Å². The normalized spacial score (nSPS) is 14.5. The zero-order chi connectivity index (χ0) is 14.4. The fourth-order valence-electron chi connectivity index (χ4n) is 3.41. The number of H-pyrrole nitrogens is 1. The second-order valence-corrected chi connectivity index (χ2v) is 5.99. The average molecular weight is 275 g/mol. The zero-order valence-corrected chi connectivity index (χ0v) is 12.0. The number of hydrogen-bond acceptors (Lipinski definition) is 1. The third-order valence-electron chi connectivity index (χ3n) is 4.52. The molecule has 2 nitrogen and oxygen atoms in total. The number of carbonyl (C=O) groups excluding carboxylic acids is 1. The minimum absolute atomic E-state index is 0.0858. The van der Waals surface area contributed by atoms with Crippen LogP contribution in [0.3, 0.4) is 0 Å². The van der Waals surface area contributed by atoms with Gasteiger partial charge in [-0.25, -0.2) is 0 Å². The molecule has 0 aliphatic heterocycles. The molecule has 104 valence electrons. The predicted octanol–water partition coefficient (Wildman–Crippen LogP) is 4.07. The summed E-state index contributed by atoms with van der Waals surface area (Å²) >= 11 is 0. The number of aromatic nitrogens is 1. The average Bonchev–Trinajstić information content (AvgIpc) is 3.09. The molecule has 1 heterocycles. The highest BCUT2D eigenvalue weighted by Gasteiger charge is 2.29. The van der Waals surface area contributed by atoms with Gasteiger partial charge < -0.3 is 4.98 Å². The highest BCUT2D eigenvalue weighted by Crippen LogP contribution is 2.31. The van der Waals surface area contributed by atoms with Crippen LogP contribution in [0.15, 0.2) is 48.7 Å². The molecule has 3 aromatic rings. The van der Waals surface area contributed by atoms with E-state index < -0.39 is 0 Å². The molecule has 0 spiro atoms. The van der Waals surface area contributed by atoms with E-state index in [2.05, 4.69) is 54.4 Å². The number of benzene rings is 2. The molecule has 4 rings (SSSR count). The third-order valence-corrected chi connectivity index (χ3v) is 4.52. The minimum Gasteiger partial charge on any atom is -0.360 e. The number of rotatable bonds is 2. The first-order chi connectivity index (χ1) is 10.2. The standard InChI is InChI=1S/C19H17NO/c1-12-6-7-16-17(11-20-18(16)8-12)19(21)15-9-13-4-2-3-5-14(13)10-15/h2-8,11,15,20H,9-10H2,1H3. The quantitative estimate of drug-likeness (QED) is 0.702. The Morgan fingerprint density at radius 3 is 2.52 bits per heavy atom. The summed E-state index contributed by atoms with van der Waals surface area (Å²) in [6.45, 7) is 2.06. The maximum Gasteiger partial charge on any atom is 0.168 e. The molecule has 0 unspecified atom stereocenters. The van der Waals surface area contributed by atoms with Crippen molar-refractivity contribution in [2.45, 2.75) is 19.8 Å². The van der Waals surface area contributed by atoms with Crippen molar-refractivity contribution in [3.63, 3.8) is 0 Å². The van der Waals surface area contributed by atoms with Crippen molar-refractivity contribution in [2.24, 2.45) is 5.92 Å². The van der Waals surface area contributed by atoms with E-state index >= 15 is 0 Å². The summed E-state index contributed by atoms with van der Waals surface area (Å²) in [5, 5.41) is 1.04. The van der Waals surface area contributed by atoms with Crippen molar-refractivity contribution in [3.8, 4) is 0 Å². The Hall–Kier alpha value is -2.35. The molecule has 0 radical (unpaired) electrons. The lowest BCUT2D eigenvalue weighted by atomic mass is 9.94. The third kappa shape index (κ3) is 1.99. The molecule has 1 N–H and O–H groups in total. The Balaban J connectivity index is 1.69. The molecule has 2 heteroatoms. The van der Waals surface area contributed by atoms with Crippen molar-refractivity contribution in [2.75, 3.05) is 0 Å². The van der Waals surface area contributed by atoms with Crippen LogP contribution in [0.2, 0.25) is 0 Å². The highest BCUT2D eigenvalue weighted by molar-refractivity contribution is 6.09. The second-order valence-electron chi connectivity index (χ2n) is 5.99. The predicted molar refractivity (Wildman–Crippen MR) is 84.7 cm³/mol. The Morgan fingerprint density at radius 1 is 1.10 bits per heavy atom. The summed E-state index contributed by atoms with van der Waals surface area (Å²) in [5.41, 5.74) is 5.74. The number of ketones is 1. The largest absolute Gasteiger partial charge is 0.360 e. The van der Waals surface area contributed by atoms with Crippen LogP contribution in [0.5, 0.6) is 0 Å². The van der Waals surface area contributed by atoms with E-state index in [0.29, 0.717) is 0 Å². The maximum atomic E-state index is 12.9. The van der Waals surface area contributed by atoms with E-state index in [9.17, 15) is 4.79 Å². The van der Waals surface area contributed by atoms with Gasteiger partial charge in [0.05, 0.1) is 0 Å². The van der Waals surface area contributed by atoms with E-state index in [1.54, 1.807) is 0 Å². The minimum atomic E-state index is 0.0858. The van der Waals surface area contributed by atoms with Crippen molar-refractivity contribution >= 4 is 16.7 Å². The Morgan fingerprint density at radius 2 is 1.81 bits per heavy atom. The number of carbonyl (C=O) groups is 1. The summed E-state index contributed by atoms with van der Waals surface area (Å²) in [4.78, 5) is 16.1. The summed E-state index contributed by atoms with van der Waals surface area (Å²) in [6.07, 6.45) is 3.61. The summed E-state index contributed by atoms with van der Waals surface area (Å²) < 4.78 is 0. The molecule has 0 saturated heterocycles. The van der Waals surface area contributed by atoms with Crippen LogP contribution >= 0.6 is 0 Å². The first kappa shape index (κ1) is 12.4. The zero-order valence-electron chi connectivity index (χ0n) is 12.0. The maximum absolute atomic E-state index is 12.9. The number of aromatic amines is 1. The van der Waals surface area contributed by atoms with Gasteiger partial charge in [0.2, 0.25) is 0 Å². The lowest BCUT2D eigenvalue weighted by molar-refractivity contribution is 0.0926. The smallest absolute Gasteiger partial charge is 0.168 e. The van der Waals surface area contributed by atoms with Gasteiger partial charge >= 0.3 is 0 Å². The Bertz CT molecular complexity index is 819. The van der Waals surface area contributed by atoms with Crippen molar-refractivity contribution in [1.29, 1.82) is 0 Å². The number of Topliss-reactive ketones (excluding diaryl/α,β-unsaturated/α-hetero) is 1. The van der Waals surface area contributed by atoms with Crippen LogP contribution in [0.4, 0.5) is 0 Å². The van der Waals surface area contributed by atoms with Gasteiger partial charge in [-0.2, -0.15) is 0 Å². The van der Waals surface area contributed by atoms with Gasteiger partial charge in [0.15, 0.2) is 5.78 Å². The lowest BCUT2D eigenvalue weighted by Crippen LogP contribution is -2.14. The SMILES string of the molecule is Cc1ccc2c(C(=O)C3Cc4ccccc4C3)c[nH]c2c1. The molecule has 1 aliphatic carbocycles. The van der Waals surface area contributed by atoms with Crippen LogP contribution in [0.1, 0.15) is 27.0 Å². The van der Waals surface area contributed by atoms with Crippen molar-refractivity contribution in [1.82, 2.24) is 4.98 Å². The van der Waals surface area contributed by atoms with Crippen LogP contribution in [-0.2, 0) is 12.8 Å². The molecule has 1 aromatic heterocycles. The van der Waals surface area contributed by atoms with Crippen molar-refractivity contribution < 1.29 is 4.79 Å². The van der Waals surface area contributed by atoms with E-state index in [0.717, 1.165) is 29.3 Å². The molecule has 21 heavy (non-hydrogen) atoms. The first-order valence-electron chi connectivity index (χ1n) is 7.41. The Kier molecular flexibility index (Phi) is 2.71. The number of fused-ring (bicyclic) bond motifs is 2. The van der Waals surface area contributed by atoms with E-state index in [-0.39, 0.29) is 11.7 Å². The van der Waals surface area contributed by atoms with Crippen LogP contribution in [0, 0.1) is 12.8 Å². The molecule has 1 aliphatic rings. The summed E-state index contributed by atoms with van der Waals surface area (Å²) in [6, 6.07) is 14.6. The molecular formula is C19H17NO. The van der Waals surface area contributed by atoms with Gasteiger partial charge in [-0.3, -0.25) is 4.79 Å². The number of nitrogens with one attached hydrogen (secondary N) is 1. The fraction of sp³-hybridized carbons (Fsp3) is 0.211. The highest BCUT2D eigenvalue weighted by atomic mass is 16.1. The molecule has 0 bridgehead atoms. The van der Waals surface area contributed by atoms with Gasteiger partial charge in [-0.05, 0) is 42.5 Å². The first-order valence-corrected chi connectivity index (χ1v) is 7.41. The molecule has 0 amide bonds. The van der Waals surface area contributed by atoms with Gasteiger partial charge in [0.1, 0.15) is 0 Å². The number of hydrogen-bond donors (Lipinski definition) is 1. The van der Waals surface area contributed by atoms with Crippen LogP contribution in [-0.4, -0.2) is 10.8 Å². The van der Waals surface area contributed by atoms with Crippen LogP contribution < -0.4 is 0 Å². The fourth-order valence-corrected chi connectivity index (χ4v) is 3.41. The summed E-state index contributed by atoms with van der Waals surface area (Å²) in [7, 11) is 0. The molecule has 2 aromatic carbocycles. The van der Waals surface area contributed by atoms with Gasteiger partial charge in [-0.15, -0.1) is 0 Å². The molecule has 0 fully saturated rings. The second kappa shape index (κ2) is 4.59. The topological polar surface area (TPSA) is 32.9 Å². The van der Waals surface area contributed by atoms with Gasteiger partial charge in [0.25, 0.3) is 0 Å². The van der Waals surface area contributed by atoms with E-state index in [1.165, 1.54) is 16.7 Å². The Labute approximate surface area is 123 Å². The monoisotopic (exact) mass is 275 g/mol. The van der Waals surface area contributed by atoms with E-state index in [1.807, 2.05) is 6.20 Å². The summed E-state index contributed by atoms with van der Waals surface area (Å²) in [5.74, 6) is 0.351. The molecule has 0 saturated carbocycles. The molecular weight excluding hydrogens is 258 g/mol. The van der Waals surface area contributed by atoms with Crippen LogP contribution in [0.25, 0.3) is 10.9 Å². The van der Waals surface area contributed by atoms with E-state index in [4.69, 9.17) is 0 Å². The van der Waals surface area contributed by atoms with Gasteiger partial charge in [0, 0.05) is 28.6 Å². The van der Waals surface area contributed by atoms with Crippen molar-refractivity contribution in [3.05, 3.63) is 70.9 Å². The molecule has 0 atom stereocenters. The number of aryl methyl sites for hydroxylation is 1. The lowest BCUT2D eigenvalue weighted by Gasteiger charge is -2.07.